The lowest BCUT2D eigenvalue weighted by Crippen LogP contribution is -2.14. The van der Waals surface area contributed by atoms with Gasteiger partial charge in [0.05, 0.1) is 5.69 Å². The van der Waals surface area contributed by atoms with Gasteiger partial charge in [0.25, 0.3) is 0 Å². The van der Waals surface area contributed by atoms with Crippen LogP contribution in [0.3, 0.4) is 0 Å². The number of unbranched alkanes of at least 4 members (excludes halogenated alkanes) is 1. The summed E-state index contributed by atoms with van der Waals surface area (Å²) >= 11 is 0. The molecule has 0 saturated heterocycles. The van der Waals surface area contributed by atoms with Crippen LogP contribution in [0.25, 0.3) is 0 Å². The van der Waals surface area contributed by atoms with Gasteiger partial charge in [0.2, 0.25) is 5.82 Å². The van der Waals surface area contributed by atoms with E-state index in [9.17, 15) is 13.2 Å². The van der Waals surface area contributed by atoms with E-state index in [-0.39, 0.29) is 5.92 Å². The first-order chi connectivity index (χ1) is 8.71. The van der Waals surface area contributed by atoms with E-state index in [4.69, 9.17) is 0 Å². The second kappa shape index (κ2) is 6.44. The van der Waals surface area contributed by atoms with Crippen molar-refractivity contribution < 1.29 is 13.2 Å². The van der Waals surface area contributed by atoms with E-state index in [1.807, 2.05) is 13.8 Å². The Morgan fingerprint density at radius 3 is 2.26 bits per heavy atom. The van der Waals surface area contributed by atoms with Crippen molar-refractivity contribution in [2.75, 3.05) is 0 Å². The summed E-state index contributed by atoms with van der Waals surface area (Å²) in [5.74, 6) is -0.158. The third-order valence-corrected chi connectivity index (χ3v) is 3.07. The van der Waals surface area contributed by atoms with Gasteiger partial charge in [-0.2, -0.15) is 13.2 Å². The molecular weight excluding hydrogens is 253 g/mol. The van der Waals surface area contributed by atoms with E-state index in [1.54, 1.807) is 6.20 Å². The Kier molecular flexibility index (Phi) is 5.44. The van der Waals surface area contributed by atoms with Gasteiger partial charge >= 0.3 is 6.18 Å². The highest BCUT2D eigenvalue weighted by Gasteiger charge is 2.37. The maximum atomic E-state index is 12.9. The van der Waals surface area contributed by atoms with Gasteiger partial charge in [-0.1, -0.05) is 40.5 Å². The zero-order valence-electron chi connectivity index (χ0n) is 12.1. The van der Waals surface area contributed by atoms with Crippen molar-refractivity contribution in [3.8, 4) is 0 Å². The molecule has 0 amide bonds. The number of aryl methyl sites for hydroxylation is 1. The van der Waals surface area contributed by atoms with Gasteiger partial charge in [0.15, 0.2) is 0 Å². The Morgan fingerprint density at radius 1 is 1.16 bits per heavy atom. The summed E-state index contributed by atoms with van der Waals surface area (Å²) in [6.07, 6.45) is -0.0690. The molecule has 0 spiro atoms. The smallest absolute Gasteiger partial charge is 0.327 e. The molecule has 0 aliphatic heterocycles. The Morgan fingerprint density at radius 2 is 1.79 bits per heavy atom. The molecule has 0 aliphatic rings. The average molecular weight is 276 g/mol. The van der Waals surface area contributed by atoms with Crippen LogP contribution in [0.1, 0.15) is 64.4 Å². The second-order valence-electron chi connectivity index (χ2n) is 5.72. The molecule has 1 rings (SSSR count). The van der Waals surface area contributed by atoms with Gasteiger partial charge in [-0.05, 0) is 18.3 Å². The molecule has 19 heavy (non-hydrogen) atoms. The van der Waals surface area contributed by atoms with Crippen LogP contribution >= 0.6 is 0 Å². The number of alkyl halides is 3. The van der Waals surface area contributed by atoms with Crippen molar-refractivity contribution in [3.63, 3.8) is 0 Å². The number of rotatable bonds is 6. The Bertz CT molecular complexity index is 392. The Hall–Kier alpha value is -1.00. The van der Waals surface area contributed by atoms with Crippen LogP contribution in [-0.2, 0) is 12.7 Å². The summed E-state index contributed by atoms with van der Waals surface area (Å²) in [6, 6.07) is 0. The van der Waals surface area contributed by atoms with Crippen molar-refractivity contribution in [1.29, 1.82) is 0 Å². The van der Waals surface area contributed by atoms with Crippen LogP contribution in [0.4, 0.5) is 13.2 Å². The molecule has 0 saturated carbocycles. The third-order valence-electron chi connectivity index (χ3n) is 3.07. The molecule has 1 aromatic heterocycles. The summed E-state index contributed by atoms with van der Waals surface area (Å²) in [4.78, 5) is 3.73. The van der Waals surface area contributed by atoms with Crippen molar-refractivity contribution >= 4 is 0 Å². The van der Waals surface area contributed by atoms with Gasteiger partial charge in [-0.3, -0.25) is 0 Å². The van der Waals surface area contributed by atoms with E-state index in [1.165, 1.54) is 4.57 Å². The highest BCUT2D eigenvalue weighted by Crippen LogP contribution is 2.30. The fourth-order valence-electron chi connectivity index (χ4n) is 1.95. The van der Waals surface area contributed by atoms with Crippen LogP contribution < -0.4 is 0 Å². The standard InChI is InChI=1S/C14H23F3N2/c1-10(2)7-5-6-8-19-9-12(11(3)4)18-13(19)14(15,16)17/h9-11H,5-8H2,1-4H3. The van der Waals surface area contributed by atoms with Crippen molar-refractivity contribution in [2.45, 2.75) is 65.6 Å². The SMILES string of the molecule is CC(C)CCCCn1cc(C(C)C)nc1C(F)(F)F. The molecule has 0 fully saturated rings. The van der Waals surface area contributed by atoms with E-state index >= 15 is 0 Å². The van der Waals surface area contributed by atoms with Gasteiger partial charge in [-0.15, -0.1) is 0 Å². The Labute approximate surface area is 113 Å². The first-order valence-electron chi connectivity index (χ1n) is 6.86. The molecule has 0 radical (unpaired) electrons. The van der Waals surface area contributed by atoms with Crippen molar-refractivity contribution in [1.82, 2.24) is 9.55 Å². The zero-order valence-corrected chi connectivity index (χ0v) is 12.1. The molecule has 0 bridgehead atoms. The summed E-state index contributed by atoms with van der Waals surface area (Å²) in [7, 11) is 0. The maximum Gasteiger partial charge on any atom is 0.449 e. The highest BCUT2D eigenvalue weighted by atomic mass is 19.4. The van der Waals surface area contributed by atoms with Crippen molar-refractivity contribution in [2.24, 2.45) is 5.92 Å². The Balaban J connectivity index is 2.75. The molecule has 1 heterocycles. The van der Waals surface area contributed by atoms with E-state index in [2.05, 4.69) is 18.8 Å². The van der Waals surface area contributed by atoms with Gasteiger partial charge in [-0.25, -0.2) is 4.98 Å². The monoisotopic (exact) mass is 276 g/mol. The van der Waals surface area contributed by atoms with Gasteiger partial charge in [0.1, 0.15) is 0 Å². The predicted molar refractivity (Wildman–Crippen MR) is 70.0 cm³/mol. The lowest BCUT2D eigenvalue weighted by molar-refractivity contribution is -0.147. The molecule has 0 N–H and O–H groups in total. The highest BCUT2D eigenvalue weighted by molar-refractivity contribution is 5.10. The van der Waals surface area contributed by atoms with Crippen molar-refractivity contribution in [3.05, 3.63) is 17.7 Å². The molecule has 0 unspecified atom stereocenters. The molecular formula is C14H23F3N2. The first-order valence-corrected chi connectivity index (χ1v) is 6.86. The number of hydrogen-bond donors (Lipinski definition) is 0. The first kappa shape index (κ1) is 16.1. The number of nitrogens with zero attached hydrogens (tertiary/aromatic N) is 2. The fraction of sp³-hybridized carbons (Fsp3) is 0.786. The molecule has 0 atom stereocenters. The quantitative estimate of drug-likeness (QED) is 0.679. The summed E-state index contributed by atoms with van der Waals surface area (Å²) in [5, 5.41) is 0. The lowest BCUT2D eigenvalue weighted by Gasteiger charge is -2.10. The minimum Gasteiger partial charge on any atom is -0.327 e. The largest absolute Gasteiger partial charge is 0.449 e. The van der Waals surface area contributed by atoms with Crippen LogP contribution in [0.5, 0.6) is 0 Å². The molecule has 0 aliphatic carbocycles. The van der Waals surface area contributed by atoms with Crippen LogP contribution in [-0.4, -0.2) is 9.55 Å². The second-order valence-corrected chi connectivity index (χ2v) is 5.72. The number of imidazole rings is 1. The summed E-state index contributed by atoms with van der Waals surface area (Å²) < 4.78 is 39.9. The predicted octanol–water partition coefficient (Wildman–Crippen LogP) is 4.85. The summed E-state index contributed by atoms with van der Waals surface area (Å²) in [5.41, 5.74) is 0.510. The molecule has 110 valence electrons. The normalized spacial score (nSPS) is 12.7. The number of hydrogen-bond acceptors (Lipinski definition) is 1. The van der Waals surface area contributed by atoms with Crippen LogP contribution in [0, 0.1) is 5.92 Å². The maximum absolute atomic E-state index is 12.9. The number of aromatic nitrogens is 2. The molecule has 0 aromatic carbocycles. The minimum absolute atomic E-state index is 0.0121. The van der Waals surface area contributed by atoms with E-state index in [0.717, 1.165) is 19.3 Å². The summed E-state index contributed by atoms with van der Waals surface area (Å²) in [6.45, 7) is 8.34. The third kappa shape index (κ3) is 4.88. The number of halogens is 3. The average Bonchev–Trinajstić information content (AvgIpc) is 2.67. The van der Waals surface area contributed by atoms with Gasteiger partial charge in [0, 0.05) is 12.7 Å². The van der Waals surface area contributed by atoms with Crippen LogP contribution in [0.15, 0.2) is 6.20 Å². The van der Waals surface area contributed by atoms with Gasteiger partial charge < -0.3 is 4.57 Å². The topological polar surface area (TPSA) is 17.8 Å². The van der Waals surface area contributed by atoms with Crippen LogP contribution in [0.2, 0.25) is 0 Å². The molecule has 2 nitrogen and oxygen atoms in total. The zero-order chi connectivity index (χ0) is 14.6. The van der Waals surface area contributed by atoms with E-state index in [0.29, 0.717) is 18.2 Å². The van der Waals surface area contributed by atoms with E-state index < -0.39 is 12.0 Å². The fourth-order valence-corrected chi connectivity index (χ4v) is 1.95. The lowest BCUT2D eigenvalue weighted by atomic mass is 10.1. The molecule has 1 aromatic rings. The minimum atomic E-state index is -4.37. The molecule has 5 heteroatoms.